The summed E-state index contributed by atoms with van der Waals surface area (Å²) in [5.74, 6) is 0. The molecule has 0 bridgehead atoms. The average Bonchev–Trinajstić information content (AvgIpc) is 3.06. The van der Waals surface area contributed by atoms with E-state index in [1.807, 2.05) is 12.1 Å². The van der Waals surface area contributed by atoms with E-state index in [4.69, 9.17) is 4.98 Å². The number of halogens is 1. The Morgan fingerprint density at radius 2 is 2.10 bits per heavy atom. The molecule has 1 N–H and O–H groups in total. The lowest BCUT2D eigenvalue weighted by Gasteiger charge is -2.07. The van der Waals surface area contributed by atoms with E-state index >= 15 is 0 Å². The molecule has 3 aromatic rings. The van der Waals surface area contributed by atoms with Crippen LogP contribution in [0.15, 0.2) is 24.3 Å². The van der Waals surface area contributed by atoms with E-state index in [0.29, 0.717) is 6.42 Å². The van der Waals surface area contributed by atoms with Gasteiger partial charge in [-0.05, 0) is 48.8 Å². The highest BCUT2D eigenvalue weighted by atomic mass is 32.1. The predicted octanol–water partition coefficient (Wildman–Crippen LogP) is 4.82. The number of aryl methyl sites for hydroxylation is 2. The molecule has 21 heavy (non-hydrogen) atoms. The SMILES string of the molecule is Cc1ccc(C)c2sc(-c3cc4c([nH]3)C=CC(F)C4)nc12. The first-order valence-electron chi connectivity index (χ1n) is 7.03. The number of fused-ring (bicyclic) bond motifs is 2. The molecule has 2 heterocycles. The van der Waals surface area contributed by atoms with Crippen LogP contribution in [0, 0.1) is 13.8 Å². The number of hydrogen-bond acceptors (Lipinski definition) is 2. The standard InChI is InChI=1S/C17H15FN2S/c1-9-3-4-10(2)16-15(9)20-17(21-16)14-8-11-7-12(18)5-6-13(11)19-14/h3-6,8,12,19H,7H2,1-2H3. The van der Waals surface area contributed by atoms with Crippen molar-refractivity contribution in [3.63, 3.8) is 0 Å². The maximum absolute atomic E-state index is 13.4. The minimum absolute atomic E-state index is 0.450. The molecule has 0 saturated heterocycles. The van der Waals surface area contributed by atoms with Crippen LogP contribution in [0.5, 0.6) is 0 Å². The molecule has 0 amide bonds. The fourth-order valence-corrected chi connectivity index (χ4v) is 3.88. The summed E-state index contributed by atoms with van der Waals surface area (Å²) < 4.78 is 14.7. The van der Waals surface area contributed by atoms with Gasteiger partial charge in [0.15, 0.2) is 0 Å². The van der Waals surface area contributed by atoms with E-state index in [1.54, 1.807) is 17.4 Å². The number of nitrogens with zero attached hydrogens (tertiary/aromatic N) is 1. The van der Waals surface area contributed by atoms with Gasteiger partial charge in [0.1, 0.15) is 11.2 Å². The summed E-state index contributed by atoms with van der Waals surface area (Å²) >= 11 is 1.70. The minimum atomic E-state index is -0.874. The highest BCUT2D eigenvalue weighted by Crippen LogP contribution is 2.35. The maximum Gasteiger partial charge on any atom is 0.140 e. The molecule has 1 atom stereocenters. The molecule has 1 aromatic carbocycles. The fourth-order valence-electron chi connectivity index (χ4n) is 2.80. The Labute approximate surface area is 126 Å². The third-order valence-corrected chi connectivity index (χ3v) is 5.22. The molecule has 0 fully saturated rings. The zero-order chi connectivity index (χ0) is 14.6. The molecule has 4 heteroatoms. The van der Waals surface area contributed by atoms with Crippen LogP contribution in [0.3, 0.4) is 0 Å². The van der Waals surface area contributed by atoms with Gasteiger partial charge >= 0.3 is 0 Å². The van der Waals surface area contributed by atoms with Crippen LogP contribution in [0.25, 0.3) is 27.0 Å². The van der Waals surface area contributed by atoms with Gasteiger partial charge in [0.25, 0.3) is 0 Å². The summed E-state index contributed by atoms with van der Waals surface area (Å²) in [4.78, 5) is 8.14. The maximum atomic E-state index is 13.4. The average molecular weight is 298 g/mol. The van der Waals surface area contributed by atoms with E-state index in [2.05, 4.69) is 31.0 Å². The van der Waals surface area contributed by atoms with Crippen LogP contribution in [0.2, 0.25) is 0 Å². The van der Waals surface area contributed by atoms with Crippen LogP contribution in [-0.4, -0.2) is 16.1 Å². The van der Waals surface area contributed by atoms with Crippen LogP contribution in [0.1, 0.15) is 22.4 Å². The molecule has 0 aliphatic heterocycles. The van der Waals surface area contributed by atoms with Crippen molar-refractivity contribution in [1.29, 1.82) is 0 Å². The van der Waals surface area contributed by atoms with Crippen molar-refractivity contribution in [1.82, 2.24) is 9.97 Å². The van der Waals surface area contributed by atoms with Gasteiger partial charge in [-0.1, -0.05) is 12.1 Å². The number of aromatic amines is 1. The molecule has 0 saturated carbocycles. The molecule has 1 aliphatic rings. The predicted molar refractivity (Wildman–Crippen MR) is 86.5 cm³/mol. The molecule has 2 nitrogen and oxygen atoms in total. The Morgan fingerprint density at radius 3 is 2.90 bits per heavy atom. The summed E-state index contributed by atoms with van der Waals surface area (Å²) in [6.07, 6.45) is 3.01. The third kappa shape index (κ3) is 2.02. The second-order valence-corrected chi connectivity index (χ2v) is 6.60. The van der Waals surface area contributed by atoms with Crippen molar-refractivity contribution < 1.29 is 4.39 Å². The number of thiazole rings is 1. The Balaban J connectivity index is 1.86. The van der Waals surface area contributed by atoms with E-state index in [1.165, 1.54) is 15.8 Å². The quantitative estimate of drug-likeness (QED) is 0.686. The van der Waals surface area contributed by atoms with Gasteiger partial charge in [-0.15, -0.1) is 11.3 Å². The Kier molecular flexibility index (Phi) is 2.76. The highest BCUT2D eigenvalue weighted by molar-refractivity contribution is 7.21. The number of aromatic nitrogens is 2. The van der Waals surface area contributed by atoms with Crippen LogP contribution in [0.4, 0.5) is 4.39 Å². The van der Waals surface area contributed by atoms with Crippen LogP contribution < -0.4 is 0 Å². The number of hydrogen-bond donors (Lipinski definition) is 1. The second-order valence-electron chi connectivity index (χ2n) is 5.60. The number of allylic oxidation sites excluding steroid dienone is 1. The zero-order valence-electron chi connectivity index (χ0n) is 11.9. The topological polar surface area (TPSA) is 28.7 Å². The zero-order valence-corrected chi connectivity index (χ0v) is 12.7. The van der Waals surface area contributed by atoms with Gasteiger partial charge in [0.2, 0.25) is 0 Å². The molecular formula is C17H15FN2S. The first kappa shape index (κ1) is 12.8. The molecule has 0 radical (unpaired) electrons. The van der Waals surface area contributed by atoms with Crippen molar-refractivity contribution in [3.8, 4) is 10.7 Å². The summed E-state index contributed by atoms with van der Waals surface area (Å²) in [6, 6.07) is 6.28. The first-order chi connectivity index (χ1) is 10.1. The summed E-state index contributed by atoms with van der Waals surface area (Å²) in [6.45, 7) is 4.20. The van der Waals surface area contributed by atoms with Gasteiger partial charge in [0, 0.05) is 12.1 Å². The number of rotatable bonds is 1. The third-order valence-electron chi connectivity index (χ3n) is 3.99. The summed E-state index contributed by atoms with van der Waals surface area (Å²) in [5, 5.41) is 0.973. The summed E-state index contributed by atoms with van der Waals surface area (Å²) in [7, 11) is 0. The highest BCUT2D eigenvalue weighted by Gasteiger charge is 2.18. The number of nitrogens with one attached hydrogen (secondary N) is 1. The smallest absolute Gasteiger partial charge is 0.140 e. The summed E-state index contributed by atoms with van der Waals surface area (Å²) in [5.41, 5.74) is 6.54. The molecule has 106 valence electrons. The molecule has 4 rings (SSSR count). The van der Waals surface area contributed by atoms with E-state index in [0.717, 1.165) is 27.5 Å². The first-order valence-corrected chi connectivity index (χ1v) is 7.85. The van der Waals surface area contributed by atoms with Crippen molar-refractivity contribution in [2.24, 2.45) is 0 Å². The second kappa shape index (κ2) is 4.53. The van der Waals surface area contributed by atoms with Gasteiger partial charge in [-0.3, -0.25) is 0 Å². The molecular weight excluding hydrogens is 283 g/mol. The van der Waals surface area contributed by atoms with Crippen molar-refractivity contribution >= 4 is 27.6 Å². The lowest BCUT2D eigenvalue weighted by Crippen LogP contribution is -2.04. The van der Waals surface area contributed by atoms with Crippen LogP contribution >= 0.6 is 11.3 Å². The molecule has 0 spiro atoms. The lowest BCUT2D eigenvalue weighted by molar-refractivity contribution is 0.397. The Morgan fingerprint density at radius 1 is 1.29 bits per heavy atom. The van der Waals surface area contributed by atoms with E-state index < -0.39 is 6.17 Å². The minimum Gasteiger partial charge on any atom is -0.353 e. The monoisotopic (exact) mass is 298 g/mol. The largest absolute Gasteiger partial charge is 0.353 e. The van der Waals surface area contributed by atoms with E-state index in [9.17, 15) is 4.39 Å². The van der Waals surface area contributed by atoms with Gasteiger partial charge in [0.05, 0.1) is 15.9 Å². The normalized spacial score (nSPS) is 17.4. The van der Waals surface area contributed by atoms with Crippen molar-refractivity contribution in [2.45, 2.75) is 26.4 Å². The number of alkyl halides is 1. The Bertz CT molecular complexity index is 833. The molecule has 2 aromatic heterocycles. The van der Waals surface area contributed by atoms with Gasteiger partial charge < -0.3 is 4.98 Å². The fraction of sp³-hybridized carbons (Fsp3) is 0.235. The number of benzene rings is 1. The van der Waals surface area contributed by atoms with Crippen molar-refractivity contribution in [3.05, 3.63) is 46.7 Å². The molecule has 1 unspecified atom stereocenters. The van der Waals surface area contributed by atoms with Gasteiger partial charge in [-0.25, -0.2) is 9.37 Å². The van der Waals surface area contributed by atoms with Crippen LogP contribution in [-0.2, 0) is 6.42 Å². The Hall–Kier alpha value is -1.94. The molecule has 1 aliphatic carbocycles. The number of H-pyrrole nitrogens is 1. The van der Waals surface area contributed by atoms with Crippen molar-refractivity contribution in [2.75, 3.05) is 0 Å². The van der Waals surface area contributed by atoms with E-state index in [-0.39, 0.29) is 0 Å². The van der Waals surface area contributed by atoms with Gasteiger partial charge in [-0.2, -0.15) is 0 Å². The lowest BCUT2D eigenvalue weighted by atomic mass is 10.0.